The third-order valence-electron chi connectivity index (χ3n) is 4.43. The molecule has 1 aliphatic rings. The maximum Gasteiger partial charge on any atom is 0.331 e. The maximum atomic E-state index is 11.3. The Morgan fingerprint density at radius 3 is 2.33 bits per heavy atom. The van der Waals surface area contributed by atoms with Crippen molar-refractivity contribution in [2.45, 2.75) is 44.9 Å². The van der Waals surface area contributed by atoms with E-state index in [4.69, 9.17) is 4.74 Å². The van der Waals surface area contributed by atoms with Crippen LogP contribution in [0, 0.1) is 5.92 Å². The SMILES string of the molecule is CCC=C(C(=O)O)[C@H]1CC[C@H](c2ccc(OC)cc2)CC1. The molecule has 1 aliphatic carbocycles. The van der Waals surface area contributed by atoms with Crippen LogP contribution in [0.1, 0.15) is 50.5 Å². The Kier molecular flexibility index (Phi) is 5.43. The van der Waals surface area contributed by atoms with Crippen molar-refractivity contribution in [2.24, 2.45) is 5.92 Å². The molecule has 0 aromatic heterocycles. The topological polar surface area (TPSA) is 46.5 Å². The van der Waals surface area contributed by atoms with Crippen LogP contribution >= 0.6 is 0 Å². The van der Waals surface area contributed by atoms with E-state index in [9.17, 15) is 9.90 Å². The van der Waals surface area contributed by atoms with Crippen molar-refractivity contribution < 1.29 is 14.6 Å². The van der Waals surface area contributed by atoms with Crippen LogP contribution in [-0.2, 0) is 4.79 Å². The minimum absolute atomic E-state index is 0.219. The molecule has 2 rings (SSSR count). The molecule has 1 aromatic rings. The highest BCUT2D eigenvalue weighted by molar-refractivity contribution is 5.87. The lowest BCUT2D eigenvalue weighted by Gasteiger charge is -2.29. The fourth-order valence-corrected chi connectivity index (χ4v) is 3.26. The van der Waals surface area contributed by atoms with Crippen LogP contribution in [0.4, 0.5) is 0 Å². The number of carboxylic acids is 1. The highest BCUT2D eigenvalue weighted by atomic mass is 16.5. The summed E-state index contributed by atoms with van der Waals surface area (Å²) < 4.78 is 5.19. The number of benzene rings is 1. The molecule has 0 spiro atoms. The number of allylic oxidation sites excluding steroid dienone is 1. The van der Waals surface area contributed by atoms with Gasteiger partial charge in [-0.25, -0.2) is 4.79 Å². The third kappa shape index (κ3) is 3.87. The van der Waals surface area contributed by atoms with Gasteiger partial charge in [0.15, 0.2) is 0 Å². The Balaban J connectivity index is 1.99. The molecular weight excluding hydrogens is 264 g/mol. The molecule has 0 atom stereocenters. The van der Waals surface area contributed by atoms with Gasteiger partial charge in [0, 0.05) is 5.57 Å². The fourth-order valence-electron chi connectivity index (χ4n) is 3.26. The summed E-state index contributed by atoms with van der Waals surface area (Å²) in [5, 5.41) is 9.32. The minimum atomic E-state index is -0.746. The van der Waals surface area contributed by atoms with E-state index in [0.29, 0.717) is 11.5 Å². The molecule has 114 valence electrons. The summed E-state index contributed by atoms with van der Waals surface area (Å²) in [7, 11) is 1.67. The summed E-state index contributed by atoms with van der Waals surface area (Å²) in [4.78, 5) is 11.3. The fraction of sp³-hybridized carbons (Fsp3) is 0.500. The lowest BCUT2D eigenvalue weighted by Crippen LogP contribution is -2.19. The molecule has 0 amide bonds. The smallest absolute Gasteiger partial charge is 0.331 e. The Bertz CT molecular complexity index is 494. The van der Waals surface area contributed by atoms with Gasteiger partial charge in [0.25, 0.3) is 0 Å². The summed E-state index contributed by atoms with van der Waals surface area (Å²) >= 11 is 0. The van der Waals surface area contributed by atoms with Crippen molar-refractivity contribution in [2.75, 3.05) is 7.11 Å². The molecule has 0 unspecified atom stereocenters. The molecule has 21 heavy (non-hydrogen) atoms. The van der Waals surface area contributed by atoms with E-state index in [1.807, 2.05) is 25.1 Å². The normalized spacial score (nSPS) is 22.9. The van der Waals surface area contributed by atoms with Crippen LogP contribution in [-0.4, -0.2) is 18.2 Å². The summed E-state index contributed by atoms with van der Waals surface area (Å²) in [6.07, 6.45) is 6.72. The predicted molar refractivity (Wildman–Crippen MR) is 83.7 cm³/mol. The monoisotopic (exact) mass is 288 g/mol. The van der Waals surface area contributed by atoms with Crippen LogP contribution in [0.15, 0.2) is 35.9 Å². The second kappa shape index (κ2) is 7.30. The van der Waals surface area contributed by atoms with Gasteiger partial charge in [0.2, 0.25) is 0 Å². The molecule has 0 saturated heterocycles. The second-order valence-electron chi connectivity index (χ2n) is 5.69. The highest BCUT2D eigenvalue weighted by Gasteiger charge is 2.27. The first-order chi connectivity index (χ1) is 10.2. The number of hydrogen-bond donors (Lipinski definition) is 1. The second-order valence-corrected chi connectivity index (χ2v) is 5.69. The number of carboxylic acid groups (broad SMARTS) is 1. The van der Waals surface area contributed by atoms with Crippen LogP contribution in [0.2, 0.25) is 0 Å². The molecule has 1 aromatic carbocycles. The molecule has 1 fully saturated rings. The number of aliphatic carboxylic acids is 1. The van der Waals surface area contributed by atoms with Crippen LogP contribution in [0.5, 0.6) is 5.75 Å². The predicted octanol–water partition coefficient (Wildman–Crippen LogP) is 4.39. The number of methoxy groups -OCH3 is 1. The summed E-state index contributed by atoms with van der Waals surface area (Å²) in [6.45, 7) is 1.99. The zero-order valence-electron chi connectivity index (χ0n) is 12.8. The standard InChI is InChI=1S/C18H24O3/c1-3-4-17(18(19)20)15-7-5-13(6-8-15)14-9-11-16(21-2)12-10-14/h4,9-13,15H,3,5-8H2,1-2H3,(H,19,20)/t13-,15-. The molecule has 3 heteroatoms. The van der Waals surface area contributed by atoms with E-state index in [-0.39, 0.29) is 5.92 Å². The first kappa shape index (κ1) is 15.6. The Morgan fingerprint density at radius 2 is 1.86 bits per heavy atom. The van der Waals surface area contributed by atoms with Crippen molar-refractivity contribution >= 4 is 5.97 Å². The van der Waals surface area contributed by atoms with E-state index in [0.717, 1.165) is 37.9 Å². The first-order valence-electron chi connectivity index (χ1n) is 7.73. The van der Waals surface area contributed by atoms with Crippen molar-refractivity contribution in [1.82, 2.24) is 0 Å². The van der Waals surface area contributed by atoms with Gasteiger partial charge in [-0.3, -0.25) is 0 Å². The molecule has 3 nitrogen and oxygen atoms in total. The van der Waals surface area contributed by atoms with E-state index < -0.39 is 5.97 Å². The third-order valence-corrected chi connectivity index (χ3v) is 4.43. The van der Waals surface area contributed by atoms with Gasteiger partial charge in [-0.15, -0.1) is 0 Å². The molecule has 0 heterocycles. The molecule has 0 bridgehead atoms. The highest BCUT2D eigenvalue weighted by Crippen LogP contribution is 2.39. The largest absolute Gasteiger partial charge is 0.497 e. The quantitative estimate of drug-likeness (QED) is 0.817. The minimum Gasteiger partial charge on any atom is -0.497 e. The van der Waals surface area contributed by atoms with Crippen molar-refractivity contribution in [1.29, 1.82) is 0 Å². The van der Waals surface area contributed by atoms with Crippen LogP contribution in [0.25, 0.3) is 0 Å². The zero-order valence-corrected chi connectivity index (χ0v) is 12.8. The summed E-state index contributed by atoms with van der Waals surface area (Å²) in [6, 6.07) is 8.26. The lowest BCUT2D eigenvalue weighted by atomic mass is 9.76. The van der Waals surface area contributed by atoms with Crippen LogP contribution in [0.3, 0.4) is 0 Å². The van der Waals surface area contributed by atoms with Gasteiger partial charge >= 0.3 is 5.97 Å². The van der Waals surface area contributed by atoms with E-state index in [2.05, 4.69) is 12.1 Å². The summed E-state index contributed by atoms with van der Waals surface area (Å²) in [5.74, 6) is 0.900. The number of rotatable bonds is 5. The molecule has 0 radical (unpaired) electrons. The lowest BCUT2D eigenvalue weighted by molar-refractivity contribution is -0.133. The maximum absolute atomic E-state index is 11.3. The van der Waals surface area contributed by atoms with E-state index >= 15 is 0 Å². The van der Waals surface area contributed by atoms with Gasteiger partial charge in [-0.1, -0.05) is 25.1 Å². The van der Waals surface area contributed by atoms with Crippen molar-refractivity contribution in [3.8, 4) is 5.75 Å². The van der Waals surface area contributed by atoms with Crippen molar-refractivity contribution in [3.05, 3.63) is 41.5 Å². The van der Waals surface area contributed by atoms with Gasteiger partial charge in [-0.05, 0) is 61.6 Å². The number of ether oxygens (including phenoxy) is 1. The van der Waals surface area contributed by atoms with Gasteiger partial charge in [-0.2, -0.15) is 0 Å². The van der Waals surface area contributed by atoms with Crippen LogP contribution < -0.4 is 4.74 Å². The van der Waals surface area contributed by atoms with Crippen molar-refractivity contribution in [3.63, 3.8) is 0 Å². The number of hydrogen-bond acceptors (Lipinski definition) is 2. The Labute approximate surface area is 126 Å². The molecule has 1 saturated carbocycles. The average molecular weight is 288 g/mol. The van der Waals surface area contributed by atoms with Gasteiger partial charge < -0.3 is 9.84 Å². The average Bonchev–Trinajstić information content (AvgIpc) is 2.53. The zero-order chi connectivity index (χ0) is 15.2. The first-order valence-corrected chi connectivity index (χ1v) is 7.73. The van der Waals surface area contributed by atoms with Gasteiger partial charge in [0.1, 0.15) is 5.75 Å². The van der Waals surface area contributed by atoms with Gasteiger partial charge in [0.05, 0.1) is 7.11 Å². The molecule has 0 aliphatic heterocycles. The Hall–Kier alpha value is -1.77. The van der Waals surface area contributed by atoms with E-state index in [1.54, 1.807) is 7.11 Å². The molecule has 1 N–H and O–H groups in total. The summed E-state index contributed by atoms with van der Waals surface area (Å²) in [5.41, 5.74) is 1.95. The Morgan fingerprint density at radius 1 is 1.24 bits per heavy atom. The molecular formula is C18H24O3. The van der Waals surface area contributed by atoms with E-state index in [1.165, 1.54) is 5.56 Å². The number of carbonyl (C=O) groups is 1.